The van der Waals surface area contributed by atoms with E-state index in [1.54, 1.807) is 0 Å². The summed E-state index contributed by atoms with van der Waals surface area (Å²) in [6.07, 6.45) is 2.00. The first kappa shape index (κ1) is 16.0. The van der Waals surface area contributed by atoms with E-state index in [9.17, 15) is 0 Å². The fraction of sp³-hybridized carbons (Fsp3) is 0.733. The van der Waals surface area contributed by atoms with Gasteiger partial charge < -0.3 is 21.3 Å². The van der Waals surface area contributed by atoms with Gasteiger partial charge in [-0.2, -0.15) is 4.98 Å². The largest absolute Gasteiger partial charge is 0.368 e. The van der Waals surface area contributed by atoms with Crippen LogP contribution < -0.4 is 16.4 Å². The molecule has 1 aliphatic carbocycles. The molecule has 1 aromatic heterocycles. The van der Waals surface area contributed by atoms with E-state index in [0.717, 1.165) is 50.5 Å². The van der Waals surface area contributed by atoms with Crippen LogP contribution in [-0.2, 0) is 0 Å². The van der Waals surface area contributed by atoms with Gasteiger partial charge in [-0.05, 0) is 25.9 Å². The molecule has 1 aromatic rings. The molecule has 1 saturated carbocycles. The van der Waals surface area contributed by atoms with E-state index < -0.39 is 0 Å². The number of nitrogens with two attached hydrogens (primary N) is 2. The number of nitrogens with zero attached hydrogens (tertiary/aromatic N) is 4. The third kappa shape index (κ3) is 4.04. The van der Waals surface area contributed by atoms with E-state index >= 15 is 0 Å². The van der Waals surface area contributed by atoms with Gasteiger partial charge in [-0.3, -0.25) is 0 Å². The molecule has 0 spiro atoms. The van der Waals surface area contributed by atoms with Crippen LogP contribution in [0.25, 0.3) is 0 Å². The third-order valence-electron chi connectivity index (χ3n) is 4.38. The number of aromatic nitrogens is 2. The number of rotatable bonds is 7. The summed E-state index contributed by atoms with van der Waals surface area (Å²) in [6, 6.07) is 2.38. The average Bonchev–Trinajstić information content (AvgIpc) is 2.44. The van der Waals surface area contributed by atoms with Crippen LogP contribution in [0, 0.1) is 0 Å². The highest BCUT2D eigenvalue weighted by Gasteiger charge is 2.29. The second-order valence-corrected chi connectivity index (χ2v) is 5.89. The first-order chi connectivity index (χ1) is 10.0. The molecule has 0 amide bonds. The summed E-state index contributed by atoms with van der Waals surface area (Å²) in [7, 11) is 2.06. The molecule has 118 valence electrons. The standard InChI is InChI=1S/C15H28N6/c1-4-21(5-2)7-6-20(3)14-10-13(18-15(17)19-14)11-8-12(16)9-11/h10-12H,4-9,16H2,1-3H3,(H2,17,18,19). The Bertz CT molecular complexity index is 453. The third-order valence-corrected chi connectivity index (χ3v) is 4.38. The Labute approximate surface area is 127 Å². The predicted molar refractivity (Wildman–Crippen MR) is 87.5 cm³/mol. The smallest absolute Gasteiger partial charge is 0.222 e. The van der Waals surface area contributed by atoms with Crippen molar-refractivity contribution in [2.45, 2.75) is 38.6 Å². The van der Waals surface area contributed by atoms with Crippen molar-refractivity contribution in [3.05, 3.63) is 11.8 Å². The lowest BCUT2D eigenvalue weighted by Gasteiger charge is -2.32. The highest BCUT2D eigenvalue weighted by Crippen LogP contribution is 2.35. The van der Waals surface area contributed by atoms with Gasteiger partial charge in [0, 0.05) is 38.2 Å². The molecule has 6 heteroatoms. The zero-order valence-corrected chi connectivity index (χ0v) is 13.4. The molecular formula is C15H28N6. The van der Waals surface area contributed by atoms with Crippen molar-refractivity contribution in [3.63, 3.8) is 0 Å². The normalized spacial score (nSPS) is 21.4. The molecular weight excluding hydrogens is 264 g/mol. The number of hydrogen-bond acceptors (Lipinski definition) is 6. The van der Waals surface area contributed by atoms with Crippen molar-refractivity contribution in [2.24, 2.45) is 5.73 Å². The summed E-state index contributed by atoms with van der Waals surface area (Å²) in [6.45, 7) is 8.47. The van der Waals surface area contributed by atoms with Crippen LogP contribution in [0.15, 0.2) is 6.07 Å². The average molecular weight is 292 g/mol. The summed E-state index contributed by atoms with van der Waals surface area (Å²) in [5.41, 5.74) is 12.8. The van der Waals surface area contributed by atoms with Gasteiger partial charge in [0.2, 0.25) is 5.95 Å². The van der Waals surface area contributed by atoms with Crippen LogP contribution in [0.4, 0.5) is 11.8 Å². The van der Waals surface area contributed by atoms with Crippen molar-refractivity contribution in [2.75, 3.05) is 43.9 Å². The Balaban J connectivity index is 2.01. The minimum absolute atomic E-state index is 0.315. The van der Waals surface area contributed by atoms with Crippen molar-refractivity contribution < 1.29 is 0 Å². The molecule has 2 rings (SSSR count). The zero-order chi connectivity index (χ0) is 15.4. The lowest BCUT2D eigenvalue weighted by Crippen LogP contribution is -2.36. The minimum Gasteiger partial charge on any atom is -0.368 e. The quantitative estimate of drug-likeness (QED) is 0.781. The van der Waals surface area contributed by atoms with Crippen molar-refractivity contribution >= 4 is 11.8 Å². The predicted octanol–water partition coefficient (Wildman–Crippen LogP) is 1.04. The van der Waals surface area contributed by atoms with Crippen LogP contribution in [-0.4, -0.2) is 54.1 Å². The topological polar surface area (TPSA) is 84.3 Å². The van der Waals surface area contributed by atoms with Crippen LogP contribution >= 0.6 is 0 Å². The van der Waals surface area contributed by atoms with E-state index in [0.29, 0.717) is 17.9 Å². The van der Waals surface area contributed by atoms with E-state index in [2.05, 4.69) is 46.7 Å². The Hall–Kier alpha value is -1.40. The summed E-state index contributed by atoms with van der Waals surface area (Å²) in [4.78, 5) is 13.3. The Morgan fingerprint density at radius 3 is 2.43 bits per heavy atom. The van der Waals surface area contributed by atoms with Gasteiger partial charge in [0.25, 0.3) is 0 Å². The number of hydrogen-bond donors (Lipinski definition) is 2. The molecule has 21 heavy (non-hydrogen) atoms. The molecule has 0 unspecified atom stereocenters. The molecule has 1 fully saturated rings. The lowest BCUT2D eigenvalue weighted by molar-refractivity contribution is 0.311. The first-order valence-corrected chi connectivity index (χ1v) is 7.87. The molecule has 0 aliphatic heterocycles. The maximum absolute atomic E-state index is 5.87. The van der Waals surface area contributed by atoms with E-state index in [1.165, 1.54) is 0 Å². The first-order valence-electron chi connectivity index (χ1n) is 7.87. The van der Waals surface area contributed by atoms with Crippen molar-refractivity contribution in [1.29, 1.82) is 0 Å². The fourth-order valence-corrected chi connectivity index (χ4v) is 2.73. The SMILES string of the molecule is CCN(CC)CCN(C)c1cc(C2CC(N)C2)nc(N)n1. The zero-order valence-electron chi connectivity index (χ0n) is 13.4. The summed E-state index contributed by atoms with van der Waals surface area (Å²) in [5, 5.41) is 0. The monoisotopic (exact) mass is 292 g/mol. The number of nitrogen functional groups attached to an aromatic ring is 1. The molecule has 1 heterocycles. The second-order valence-electron chi connectivity index (χ2n) is 5.89. The van der Waals surface area contributed by atoms with E-state index in [-0.39, 0.29) is 0 Å². The molecule has 4 N–H and O–H groups in total. The van der Waals surface area contributed by atoms with Gasteiger partial charge in [0.05, 0.1) is 5.69 Å². The van der Waals surface area contributed by atoms with Crippen LogP contribution in [0.2, 0.25) is 0 Å². The molecule has 0 radical (unpaired) electrons. The Morgan fingerprint density at radius 1 is 1.19 bits per heavy atom. The van der Waals surface area contributed by atoms with E-state index in [1.807, 2.05) is 0 Å². The van der Waals surface area contributed by atoms with Gasteiger partial charge in [-0.15, -0.1) is 0 Å². The second kappa shape index (κ2) is 7.04. The van der Waals surface area contributed by atoms with Gasteiger partial charge in [0.1, 0.15) is 5.82 Å². The van der Waals surface area contributed by atoms with Gasteiger partial charge >= 0.3 is 0 Å². The summed E-state index contributed by atoms with van der Waals surface area (Å²) in [5.74, 6) is 1.71. The highest BCUT2D eigenvalue weighted by atomic mass is 15.2. The molecule has 0 atom stereocenters. The minimum atomic E-state index is 0.315. The maximum atomic E-state index is 5.87. The fourth-order valence-electron chi connectivity index (χ4n) is 2.73. The van der Waals surface area contributed by atoms with Crippen LogP contribution in [0.3, 0.4) is 0 Å². The highest BCUT2D eigenvalue weighted by molar-refractivity contribution is 5.44. The molecule has 1 aliphatic rings. The van der Waals surface area contributed by atoms with Crippen LogP contribution in [0.5, 0.6) is 0 Å². The molecule has 6 nitrogen and oxygen atoms in total. The molecule has 0 bridgehead atoms. The maximum Gasteiger partial charge on any atom is 0.222 e. The van der Waals surface area contributed by atoms with Crippen LogP contribution in [0.1, 0.15) is 38.3 Å². The summed E-state index contributed by atoms with van der Waals surface area (Å²) >= 11 is 0. The van der Waals surface area contributed by atoms with Crippen molar-refractivity contribution in [1.82, 2.24) is 14.9 Å². The Morgan fingerprint density at radius 2 is 1.86 bits per heavy atom. The van der Waals surface area contributed by atoms with E-state index in [4.69, 9.17) is 11.5 Å². The molecule has 0 aromatic carbocycles. The number of anilines is 2. The van der Waals surface area contributed by atoms with Crippen molar-refractivity contribution in [3.8, 4) is 0 Å². The van der Waals surface area contributed by atoms with Gasteiger partial charge in [-0.1, -0.05) is 13.8 Å². The van der Waals surface area contributed by atoms with Gasteiger partial charge in [0.15, 0.2) is 0 Å². The lowest BCUT2D eigenvalue weighted by atomic mass is 9.78. The number of likely N-dealkylation sites (N-methyl/N-ethyl adjacent to an activating group) is 2. The van der Waals surface area contributed by atoms with Gasteiger partial charge in [-0.25, -0.2) is 4.98 Å². The summed E-state index contributed by atoms with van der Waals surface area (Å²) < 4.78 is 0. The Kier molecular flexibility index (Phi) is 5.36. The molecule has 0 saturated heterocycles.